The SMILES string of the molecule is CCn1cc(NC(=O)Cn2nc(C(F)(F)F)c(Br)c2C2CC2)c(C(N)=O)n1. The van der Waals surface area contributed by atoms with Crippen LogP contribution < -0.4 is 11.1 Å². The van der Waals surface area contributed by atoms with Crippen LogP contribution >= 0.6 is 15.9 Å². The summed E-state index contributed by atoms with van der Waals surface area (Å²) < 4.78 is 41.7. The summed E-state index contributed by atoms with van der Waals surface area (Å²) in [5.74, 6) is -1.53. The Bertz CT molecular complexity index is 900. The van der Waals surface area contributed by atoms with Gasteiger partial charge in [-0.1, -0.05) is 0 Å². The van der Waals surface area contributed by atoms with Gasteiger partial charge in [-0.25, -0.2) is 0 Å². The van der Waals surface area contributed by atoms with Gasteiger partial charge in [-0.05, 0) is 35.7 Å². The van der Waals surface area contributed by atoms with Crippen LogP contribution in [0.25, 0.3) is 0 Å². The van der Waals surface area contributed by atoms with Gasteiger partial charge in [0.2, 0.25) is 5.91 Å². The molecule has 1 fully saturated rings. The van der Waals surface area contributed by atoms with Crippen molar-refractivity contribution in [3.8, 4) is 0 Å². The van der Waals surface area contributed by atoms with Crippen LogP contribution in [0.1, 0.15) is 47.6 Å². The Balaban J connectivity index is 1.85. The first-order valence-corrected chi connectivity index (χ1v) is 8.91. The average Bonchev–Trinajstić information content (AvgIpc) is 3.21. The van der Waals surface area contributed by atoms with E-state index in [1.165, 1.54) is 10.9 Å². The summed E-state index contributed by atoms with van der Waals surface area (Å²) in [5.41, 5.74) is 4.50. The second-order valence-electron chi connectivity index (χ2n) is 6.14. The zero-order chi connectivity index (χ0) is 19.9. The van der Waals surface area contributed by atoms with Crippen molar-refractivity contribution >= 4 is 33.4 Å². The van der Waals surface area contributed by atoms with Gasteiger partial charge in [-0.2, -0.15) is 23.4 Å². The van der Waals surface area contributed by atoms with Crippen LogP contribution in [0, 0.1) is 0 Å². The molecule has 3 N–H and O–H groups in total. The molecule has 1 saturated carbocycles. The second kappa shape index (κ2) is 6.98. The van der Waals surface area contributed by atoms with Crippen molar-refractivity contribution in [3.63, 3.8) is 0 Å². The van der Waals surface area contributed by atoms with Crippen LogP contribution in [0.3, 0.4) is 0 Å². The van der Waals surface area contributed by atoms with Gasteiger partial charge in [0.05, 0.1) is 15.9 Å². The number of aromatic nitrogens is 4. The van der Waals surface area contributed by atoms with Gasteiger partial charge < -0.3 is 11.1 Å². The van der Waals surface area contributed by atoms with Crippen molar-refractivity contribution in [2.75, 3.05) is 5.32 Å². The lowest BCUT2D eigenvalue weighted by Gasteiger charge is -2.08. The van der Waals surface area contributed by atoms with Crippen molar-refractivity contribution in [1.82, 2.24) is 19.6 Å². The van der Waals surface area contributed by atoms with Crippen molar-refractivity contribution in [3.05, 3.63) is 27.8 Å². The monoisotopic (exact) mass is 448 g/mol. The standard InChI is InChI=1S/C15H16BrF3N6O2/c1-2-24-5-8(11(22-24)14(20)27)21-9(26)6-25-12(7-3-4-7)10(16)13(23-25)15(17,18)19/h5,7H,2-4,6H2,1H3,(H2,20,27)(H,21,26). The first kappa shape index (κ1) is 19.4. The van der Waals surface area contributed by atoms with Crippen LogP contribution in [0.15, 0.2) is 10.7 Å². The highest BCUT2D eigenvalue weighted by Gasteiger charge is 2.42. The predicted molar refractivity (Wildman–Crippen MR) is 92.0 cm³/mol. The zero-order valence-electron chi connectivity index (χ0n) is 14.2. The van der Waals surface area contributed by atoms with Crippen LogP contribution in [0.5, 0.6) is 0 Å². The molecule has 0 radical (unpaired) electrons. The number of anilines is 1. The van der Waals surface area contributed by atoms with Crippen LogP contribution in [-0.2, 0) is 24.1 Å². The topological polar surface area (TPSA) is 108 Å². The number of aryl methyl sites for hydroxylation is 1. The fourth-order valence-electron chi connectivity index (χ4n) is 2.68. The molecule has 0 bridgehead atoms. The fourth-order valence-corrected chi connectivity index (χ4v) is 3.52. The molecular formula is C15H16BrF3N6O2. The molecule has 2 amide bonds. The molecule has 8 nitrogen and oxygen atoms in total. The molecule has 146 valence electrons. The van der Waals surface area contributed by atoms with E-state index in [0.29, 0.717) is 12.2 Å². The molecule has 0 aliphatic heterocycles. The number of halogens is 4. The Morgan fingerprint density at radius 1 is 1.37 bits per heavy atom. The van der Waals surface area contributed by atoms with Gasteiger partial charge in [0, 0.05) is 18.7 Å². The van der Waals surface area contributed by atoms with Crippen molar-refractivity contribution in [2.45, 2.75) is 44.9 Å². The summed E-state index contributed by atoms with van der Waals surface area (Å²) in [4.78, 5) is 23.8. The summed E-state index contributed by atoms with van der Waals surface area (Å²) in [6.45, 7) is 1.80. The molecule has 2 aromatic heterocycles. The minimum atomic E-state index is -4.63. The highest BCUT2D eigenvalue weighted by atomic mass is 79.9. The van der Waals surface area contributed by atoms with Crippen LogP contribution in [-0.4, -0.2) is 31.4 Å². The van der Waals surface area contributed by atoms with E-state index in [-0.39, 0.29) is 21.8 Å². The van der Waals surface area contributed by atoms with Crippen molar-refractivity contribution < 1.29 is 22.8 Å². The predicted octanol–water partition coefficient (Wildman–Crippen LogP) is 2.50. The molecule has 1 aliphatic carbocycles. The highest BCUT2D eigenvalue weighted by molar-refractivity contribution is 9.10. The first-order chi connectivity index (χ1) is 12.6. The highest BCUT2D eigenvalue weighted by Crippen LogP contribution is 2.46. The first-order valence-electron chi connectivity index (χ1n) is 8.12. The number of nitrogens with one attached hydrogen (secondary N) is 1. The molecule has 2 aromatic rings. The van der Waals surface area contributed by atoms with E-state index < -0.39 is 30.2 Å². The lowest BCUT2D eigenvalue weighted by atomic mass is 10.2. The molecule has 2 heterocycles. The van der Waals surface area contributed by atoms with E-state index in [9.17, 15) is 22.8 Å². The lowest BCUT2D eigenvalue weighted by Crippen LogP contribution is -2.23. The Morgan fingerprint density at radius 2 is 2.04 bits per heavy atom. The molecule has 3 rings (SSSR count). The maximum atomic E-state index is 13.1. The van der Waals surface area contributed by atoms with E-state index >= 15 is 0 Å². The van der Waals surface area contributed by atoms with Gasteiger partial charge in [0.25, 0.3) is 5.91 Å². The fraction of sp³-hybridized carbons (Fsp3) is 0.467. The minimum absolute atomic E-state index is 0.0696. The van der Waals surface area contributed by atoms with E-state index in [1.807, 2.05) is 0 Å². The number of nitrogens with zero attached hydrogens (tertiary/aromatic N) is 4. The third-order valence-electron chi connectivity index (χ3n) is 4.05. The molecular weight excluding hydrogens is 433 g/mol. The van der Waals surface area contributed by atoms with E-state index in [4.69, 9.17) is 5.73 Å². The molecule has 0 spiro atoms. The lowest BCUT2D eigenvalue weighted by molar-refractivity contribution is -0.142. The molecule has 0 saturated heterocycles. The van der Waals surface area contributed by atoms with Gasteiger partial charge >= 0.3 is 6.18 Å². The number of primary amides is 1. The normalized spacial score (nSPS) is 14.4. The van der Waals surface area contributed by atoms with E-state index in [1.54, 1.807) is 6.92 Å². The van der Waals surface area contributed by atoms with E-state index in [0.717, 1.165) is 17.5 Å². The smallest absolute Gasteiger partial charge is 0.364 e. The Hall–Kier alpha value is -2.37. The Kier molecular flexibility index (Phi) is 5.02. The summed E-state index contributed by atoms with van der Waals surface area (Å²) in [6, 6.07) is 0. The minimum Gasteiger partial charge on any atom is -0.364 e. The summed E-state index contributed by atoms with van der Waals surface area (Å²) in [6.07, 6.45) is -1.73. The summed E-state index contributed by atoms with van der Waals surface area (Å²) in [5, 5.41) is 9.99. The second-order valence-corrected chi connectivity index (χ2v) is 6.93. The number of amides is 2. The number of alkyl halides is 3. The molecule has 0 atom stereocenters. The van der Waals surface area contributed by atoms with Crippen molar-refractivity contribution in [1.29, 1.82) is 0 Å². The molecule has 27 heavy (non-hydrogen) atoms. The van der Waals surface area contributed by atoms with E-state index in [2.05, 4.69) is 31.4 Å². The third-order valence-corrected chi connectivity index (χ3v) is 4.83. The summed E-state index contributed by atoms with van der Waals surface area (Å²) >= 11 is 2.97. The van der Waals surface area contributed by atoms with Gasteiger partial charge in [0.15, 0.2) is 11.4 Å². The summed E-state index contributed by atoms with van der Waals surface area (Å²) in [7, 11) is 0. The van der Waals surface area contributed by atoms with Gasteiger partial charge in [0.1, 0.15) is 6.54 Å². The Labute approximate surface area is 160 Å². The third kappa shape index (κ3) is 3.99. The number of hydrogen-bond donors (Lipinski definition) is 2. The molecule has 0 unspecified atom stereocenters. The number of carbonyl (C=O) groups excluding carboxylic acids is 2. The van der Waals surface area contributed by atoms with Gasteiger partial charge in [-0.15, -0.1) is 0 Å². The largest absolute Gasteiger partial charge is 0.436 e. The van der Waals surface area contributed by atoms with Crippen molar-refractivity contribution in [2.24, 2.45) is 5.73 Å². The maximum absolute atomic E-state index is 13.1. The number of hydrogen-bond acceptors (Lipinski definition) is 4. The number of nitrogens with two attached hydrogens (primary N) is 1. The average molecular weight is 449 g/mol. The molecule has 1 aliphatic rings. The van der Waals surface area contributed by atoms with Crippen LogP contribution in [0.4, 0.5) is 18.9 Å². The molecule has 0 aromatic carbocycles. The molecule has 12 heteroatoms. The quantitative estimate of drug-likeness (QED) is 0.707. The number of rotatable bonds is 6. The van der Waals surface area contributed by atoms with Crippen LogP contribution in [0.2, 0.25) is 0 Å². The Morgan fingerprint density at radius 3 is 2.56 bits per heavy atom. The van der Waals surface area contributed by atoms with Gasteiger partial charge in [-0.3, -0.25) is 19.0 Å². The maximum Gasteiger partial charge on any atom is 0.436 e. The number of carbonyl (C=O) groups is 2. The zero-order valence-corrected chi connectivity index (χ0v) is 15.8.